The van der Waals surface area contributed by atoms with E-state index in [-0.39, 0.29) is 5.69 Å². The number of carbonyl (C=O) groups is 1. The highest BCUT2D eigenvalue weighted by atomic mass is 32.2. The number of aryl methyl sites for hydroxylation is 1. The lowest BCUT2D eigenvalue weighted by Gasteiger charge is -2.28. The third kappa shape index (κ3) is 5.90. The number of aliphatic hydroxyl groups is 1. The maximum absolute atomic E-state index is 13.5. The summed E-state index contributed by atoms with van der Waals surface area (Å²) in [6, 6.07) is 5.33. The standard InChI is InChI=1S/C17H20F3N3O4S2/c1-10-9-28-15(21-10)16(25,17(18,19)20)8-14(24)22-11(2)12-5-4-6-13(7-12)23-29(3,26)27/h4-7,9,11,23,25H,8H2,1-3H3,(H,22,24). The van der Waals surface area contributed by atoms with Crippen molar-refractivity contribution in [3.05, 3.63) is 45.9 Å². The van der Waals surface area contributed by atoms with Gasteiger partial charge in [-0.25, -0.2) is 13.4 Å². The van der Waals surface area contributed by atoms with Crippen LogP contribution in [-0.4, -0.2) is 36.8 Å². The minimum atomic E-state index is -5.10. The van der Waals surface area contributed by atoms with Gasteiger partial charge >= 0.3 is 6.18 Å². The fraction of sp³-hybridized carbons (Fsp3) is 0.412. The Morgan fingerprint density at radius 1 is 1.34 bits per heavy atom. The van der Waals surface area contributed by atoms with Gasteiger partial charge in [-0.05, 0) is 31.5 Å². The average Bonchev–Trinajstić information content (AvgIpc) is 2.99. The van der Waals surface area contributed by atoms with Crippen LogP contribution < -0.4 is 10.0 Å². The summed E-state index contributed by atoms with van der Waals surface area (Å²) in [5.74, 6) is -1.04. The van der Waals surface area contributed by atoms with Crippen molar-refractivity contribution in [1.82, 2.24) is 10.3 Å². The van der Waals surface area contributed by atoms with Gasteiger partial charge in [0.1, 0.15) is 5.01 Å². The molecule has 1 heterocycles. The lowest BCUT2D eigenvalue weighted by molar-refractivity contribution is -0.267. The molecule has 29 heavy (non-hydrogen) atoms. The zero-order chi connectivity index (χ0) is 22.0. The van der Waals surface area contributed by atoms with Crippen molar-refractivity contribution in [3.63, 3.8) is 0 Å². The number of anilines is 1. The smallest absolute Gasteiger partial charge is 0.374 e. The molecule has 3 N–H and O–H groups in total. The molecular formula is C17H20F3N3O4S2. The van der Waals surface area contributed by atoms with Gasteiger partial charge in [-0.15, -0.1) is 11.3 Å². The first-order chi connectivity index (χ1) is 13.2. The van der Waals surface area contributed by atoms with Crippen LogP contribution in [0.15, 0.2) is 29.6 Å². The highest BCUT2D eigenvalue weighted by molar-refractivity contribution is 7.92. The molecule has 2 unspecified atom stereocenters. The number of hydrogen-bond acceptors (Lipinski definition) is 6. The van der Waals surface area contributed by atoms with Crippen molar-refractivity contribution >= 4 is 33.0 Å². The van der Waals surface area contributed by atoms with Crippen molar-refractivity contribution < 1.29 is 31.5 Å². The Kier molecular flexibility index (Phi) is 6.60. The normalized spacial score (nSPS) is 15.4. The van der Waals surface area contributed by atoms with Gasteiger partial charge in [0.05, 0.1) is 18.7 Å². The summed E-state index contributed by atoms with van der Waals surface area (Å²) in [6.45, 7) is 3.01. The lowest BCUT2D eigenvalue weighted by Crippen LogP contribution is -2.46. The Morgan fingerprint density at radius 2 is 2.00 bits per heavy atom. The quantitative estimate of drug-likeness (QED) is 0.600. The Bertz CT molecular complexity index is 992. The van der Waals surface area contributed by atoms with E-state index in [9.17, 15) is 31.5 Å². The molecule has 0 fully saturated rings. The summed E-state index contributed by atoms with van der Waals surface area (Å²) in [4.78, 5) is 16.0. The number of aromatic nitrogens is 1. The first-order valence-corrected chi connectivity index (χ1v) is 11.1. The molecule has 7 nitrogen and oxygen atoms in total. The predicted octanol–water partition coefficient (Wildman–Crippen LogP) is 2.84. The fourth-order valence-electron chi connectivity index (χ4n) is 2.53. The van der Waals surface area contributed by atoms with Crippen LogP contribution in [0.5, 0.6) is 0 Å². The molecule has 160 valence electrons. The van der Waals surface area contributed by atoms with Gasteiger partial charge in [0.15, 0.2) is 0 Å². The van der Waals surface area contributed by atoms with Gasteiger partial charge in [-0.2, -0.15) is 13.2 Å². The molecular weight excluding hydrogens is 431 g/mol. The average molecular weight is 451 g/mol. The SMILES string of the molecule is Cc1csc(C(O)(CC(=O)NC(C)c2cccc(NS(C)(=O)=O)c2)C(F)(F)F)n1. The molecule has 2 aromatic rings. The van der Waals surface area contributed by atoms with Crippen molar-refractivity contribution in [2.45, 2.75) is 38.1 Å². The van der Waals surface area contributed by atoms with E-state index >= 15 is 0 Å². The molecule has 2 rings (SSSR count). The van der Waals surface area contributed by atoms with Crippen LogP contribution in [0.3, 0.4) is 0 Å². The molecule has 0 saturated heterocycles. The van der Waals surface area contributed by atoms with E-state index in [0.29, 0.717) is 22.6 Å². The van der Waals surface area contributed by atoms with E-state index in [1.165, 1.54) is 37.4 Å². The van der Waals surface area contributed by atoms with Gasteiger partial charge in [0.25, 0.3) is 0 Å². The second-order valence-corrected chi connectivity index (χ2v) is 9.22. The van der Waals surface area contributed by atoms with Crippen molar-refractivity contribution in [2.75, 3.05) is 11.0 Å². The maximum atomic E-state index is 13.5. The molecule has 2 atom stereocenters. The molecule has 1 aromatic carbocycles. The molecule has 1 aromatic heterocycles. The summed E-state index contributed by atoms with van der Waals surface area (Å²) in [7, 11) is -3.51. The number of alkyl halides is 3. The van der Waals surface area contributed by atoms with E-state index in [4.69, 9.17) is 0 Å². The molecule has 0 bridgehead atoms. The number of thiazole rings is 1. The maximum Gasteiger partial charge on any atom is 0.424 e. The minimum Gasteiger partial charge on any atom is -0.374 e. The van der Waals surface area contributed by atoms with Crippen LogP contribution in [0.2, 0.25) is 0 Å². The van der Waals surface area contributed by atoms with Crippen LogP contribution in [0.25, 0.3) is 0 Å². The lowest BCUT2D eigenvalue weighted by atomic mass is 9.98. The Morgan fingerprint density at radius 3 is 2.52 bits per heavy atom. The molecule has 12 heteroatoms. The number of sulfonamides is 1. The Labute approximate surface area is 170 Å². The summed E-state index contributed by atoms with van der Waals surface area (Å²) in [5, 5.41) is 13.4. The largest absolute Gasteiger partial charge is 0.424 e. The van der Waals surface area contributed by atoms with Gasteiger partial charge < -0.3 is 10.4 Å². The van der Waals surface area contributed by atoms with Crippen LogP contribution in [0.1, 0.15) is 35.7 Å². The second kappa shape index (κ2) is 8.28. The molecule has 0 saturated carbocycles. The van der Waals surface area contributed by atoms with Crippen molar-refractivity contribution in [1.29, 1.82) is 0 Å². The Balaban J connectivity index is 2.17. The second-order valence-electron chi connectivity index (χ2n) is 6.62. The minimum absolute atomic E-state index is 0.246. The molecule has 0 spiro atoms. The number of nitrogens with one attached hydrogen (secondary N) is 2. The molecule has 0 aliphatic heterocycles. The zero-order valence-corrected chi connectivity index (χ0v) is 17.4. The third-order valence-corrected chi connectivity index (χ3v) is 5.64. The molecule has 1 amide bonds. The van der Waals surface area contributed by atoms with Crippen LogP contribution in [0.4, 0.5) is 18.9 Å². The number of nitrogens with zero attached hydrogens (tertiary/aromatic N) is 1. The summed E-state index contributed by atoms with van der Waals surface area (Å²) < 4.78 is 65.4. The van der Waals surface area contributed by atoms with Crippen molar-refractivity contribution in [2.24, 2.45) is 0 Å². The number of halogens is 3. The number of carbonyl (C=O) groups excluding carboxylic acids is 1. The monoisotopic (exact) mass is 451 g/mol. The summed E-state index contributed by atoms with van der Waals surface area (Å²) in [5.41, 5.74) is -2.39. The highest BCUT2D eigenvalue weighted by Crippen LogP contribution is 2.42. The van der Waals surface area contributed by atoms with Crippen LogP contribution >= 0.6 is 11.3 Å². The van der Waals surface area contributed by atoms with Crippen LogP contribution in [0, 0.1) is 6.92 Å². The highest BCUT2D eigenvalue weighted by Gasteiger charge is 2.58. The van der Waals surface area contributed by atoms with Gasteiger partial charge in [-0.3, -0.25) is 9.52 Å². The number of hydrogen-bond donors (Lipinski definition) is 3. The third-order valence-electron chi connectivity index (χ3n) is 3.93. The van der Waals surface area contributed by atoms with Crippen LogP contribution in [-0.2, 0) is 20.4 Å². The van der Waals surface area contributed by atoms with Gasteiger partial charge in [-0.1, -0.05) is 12.1 Å². The predicted molar refractivity (Wildman–Crippen MR) is 103 cm³/mol. The van der Waals surface area contributed by atoms with E-state index in [0.717, 1.165) is 6.26 Å². The van der Waals surface area contributed by atoms with E-state index in [1.54, 1.807) is 6.07 Å². The molecule has 0 aliphatic rings. The van der Waals surface area contributed by atoms with Crippen molar-refractivity contribution in [3.8, 4) is 0 Å². The molecule has 0 aliphatic carbocycles. The van der Waals surface area contributed by atoms with E-state index < -0.39 is 45.2 Å². The first kappa shape index (κ1) is 23.1. The fourth-order valence-corrected chi connectivity index (χ4v) is 4.00. The van der Waals surface area contributed by atoms with E-state index in [2.05, 4.69) is 15.0 Å². The van der Waals surface area contributed by atoms with E-state index in [1.807, 2.05) is 0 Å². The number of amides is 1. The Hall–Kier alpha value is -2.18. The van der Waals surface area contributed by atoms with Gasteiger partial charge in [0, 0.05) is 16.8 Å². The zero-order valence-electron chi connectivity index (χ0n) is 15.7. The molecule has 0 radical (unpaired) electrons. The summed E-state index contributed by atoms with van der Waals surface area (Å²) >= 11 is 0.622. The number of benzene rings is 1. The van der Waals surface area contributed by atoms with Gasteiger partial charge in [0.2, 0.25) is 21.5 Å². The first-order valence-electron chi connectivity index (χ1n) is 8.30. The topological polar surface area (TPSA) is 108 Å². The number of rotatable bonds is 7. The summed E-state index contributed by atoms with van der Waals surface area (Å²) in [6.07, 6.45) is -5.38.